The van der Waals surface area contributed by atoms with E-state index in [1.807, 2.05) is 57.2 Å². The van der Waals surface area contributed by atoms with Gasteiger partial charge in [0.15, 0.2) is 17.7 Å². The van der Waals surface area contributed by atoms with Gasteiger partial charge in [-0.2, -0.15) is 5.10 Å². The molecule has 0 spiro atoms. The van der Waals surface area contributed by atoms with Crippen molar-refractivity contribution in [1.82, 2.24) is 16.1 Å². The van der Waals surface area contributed by atoms with Gasteiger partial charge in [0, 0.05) is 11.3 Å². The van der Waals surface area contributed by atoms with Crippen molar-refractivity contribution >= 4 is 29.0 Å². The van der Waals surface area contributed by atoms with Crippen LogP contribution in [0.2, 0.25) is 0 Å². The SMILES string of the molecule is CCOc1cc([C@H]2NC(=O)NC(C)=C2C(=O)OC)ccc1OC[C@@H](O)N/N=C/c1c(OC(C)C)ccc2ccccc12. The summed E-state index contributed by atoms with van der Waals surface area (Å²) in [6, 6.07) is 15.7. The molecule has 4 N–H and O–H groups in total. The number of allylic oxidation sites excluding steroid dienone is 1. The number of aliphatic hydroxyl groups is 1. The van der Waals surface area contributed by atoms with Gasteiger partial charge in [-0.1, -0.05) is 36.4 Å². The molecule has 0 unspecified atom stereocenters. The highest BCUT2D eigenvalue weighted by Crippen LogP contribution is 2.35. The Labute approximate surface area is 244 Å². The molecule has 1 heterocycles. The number of methoxy groups -OCH3 is 1. The van der Waals surface area contributed by atoms with Gasteiger partial charge in [-0.3, -0.25) is 5.43 Å². The Hall–Kier alpha value is -4.77. The van der Waals surface area contributed by atoms with Gasteiger partial charge < -0.3 is 34.7 Å². The van der Waals surface area contributed by atoms with Crippen LogP contribution in [0, 0.1) is 0 Å². The molecular formula is C31H36N4O7. The number of carbonyl (C=O) groups is 2. The third-order valence-electron chi connectivity index (χ3n) is 6.38. The number of benzene rings is 3. The minimum absolute atomic E-state index is 0.0191. The van der Waals surface area contributed by atoms with E-state index in [9.17, 15) is 14.7 Å². The van der Waals surface area contributed by atoms with Gasteiger partial charge in [0.1, 0.15) is 12.4 Å². The standard InChI is InChI=1S/C31H36N4O7/c1-6-40-26-15-21(29-28(30(37)39-5)19(4)33-31(38)34-29)12-14-25(26)41-17-27(36)35-32-16-23-22-10-8-7-9-20(22)11-13-24(23)42-18(2)3/h7-16,18,27,29,35-36H,6,17H2,1-5H3,(H2,33,34,38)/b32-16+/t27-,29-/m1/s1. The second-order valence-corrected chi connectivity index (χ2v) is 9.78. The molecule has 3 aromatic carbocycles. The van der Waals surface area contributed by atoms with Crippen LogP contribution in [-0.4, -0.2) is 56.0 Å². The quantitative estimate of drug-likeness (QED) is 0.109. The van der Waals surface area contributed by atoms with Crippen molar-refractivity contribution < 1.29 is 33.6 Å². The molecule has 11 nitrogen and oxygen atoms in total. The second kappa shape index (κ2) is 13.7. The van der Waals surface area contributed by atoms with Crippen LogP contribution >= 0.6 is 0 Å². The van der Waals surface area contributed by atoms with E-state index in [1.54, 1.807) is 31.3 Å². The molecule has 42 heavy (non-hydrogen) atoms. The minimum atomic E-state index is -1.14. The summed E-state index contributed by atoms with van der Waals surface area (Å²) in [7, 11) is 1.28. The summed E-state index contributed by atoms with van der Waals surface area (Å²) in [6.45, 7) is 7.57. The first kappa shape index (κ1) is 30.2. The van der Waals surface area contributed by atoms with Crippen molar-refractivity contribution in [2.24, 2.45) is 5.10 Å². The van der Waals surface area contributed by atoms with E-state index in [1.165, 1.54) is 7.11 Å². The fraction of sp³-hybridized carbons (Fsp3) is 0.323. The molecule has 1 aliphatic heterocycles. The number of carbonyl (C=O) groups excluding carboxylic acids is 2. The molecule has 3 aromatic rings. The molecule has 1 aliphatic rings. The highest BCUT2D eigenvalue weighted by Gasteiger charge is 2.32. The van der Waals surface area contributed by atoms with Crippen LogP contribution < -0.4 is 30.3 Å². The Balaban J connectivity index is 1.48. The van der Waals surface area contributed by atoms with Crippen LogP contribution in [0.3, 0.4) is 0 Å². The van der Waals surface area contributed by atoms with Crippen LogP contribution in [0.15, 0.2) is 71.0 Å². The third-order valence-corrected chi connectivity index (χ3v) is 6.38. The smallest absolute Gasteiger partial charge is 0.337 e. The largest absolute Gasteiger partial charge is 0.490 e. The molecule has 0 aliphatic carbocycles. The normalized spacial score (nSPS) is 15.8. The van der Waals surface area contributed by atoms with Crippen molar-refractivity contribution in [1.29, 1.82) is 0 Å². The van der Waals surface area contributed by atoms with Gasteiger partial charge in [0.05, 0.1) is 37.7 Å². The van der Waals surface area contributed by atoms with E-state index in [4.69, 9.17) is 18.9 Å². The lowest BCUT2D eigenvalue weighted by Crippen LogP contribution is -2.45. The van der Waals surface area contributed by atoms with Gasteiger partial charge in [-0.05, 0) is 62.2 Å². The number of esters is 1. The van der Waals surface area contributed by atoms with Crippen molar-refractivity contribution in [2.45, 2.75) is 46.1 Å². The molecule has 222 valence electrons. The van der Waals surface area contributed by atoms with Crippen molar-refractivity contribution in [3.8, 4) is 17.2 Å². The molecule has 0 aromatic heterocycles. The number of aliphatic hydroxyl groups excluding tert-OH is 1. The van der Waals surface area contributed by atoms with E-state index >= 15 is 0 Å². The zero-order valence-corrected chi connectivity index (χ0v) is 24.3. The number of hydrogen-bond donors (Lipinski definition) is 4. The third kappa shape index (κ3) is 7.10. The second-order valence-electron chi connectivity index (χ2n) is 9.78. The average molecular weight is 577 g/mol. The topological polar surface area (TPSA) is 140 Å². The predicted octanol–water partition coefficient (Wildman–Crippen LogP) is 4.15. The van der Waals surface area contributed by atoms with E-state index in [-0.39, 0.29) is 18.3 Å². The maximum atomic E-state index is 12.4. The van der Waals surface area contributed by atoms with Gasteiger partial charge in [0.25, 0.3) is 0 Å². The van der Waals surface area contributed by atoms with Crippen molar-refractivity contribution in [3.05, 3.63) is 77.0 Å². The van der Waals surface area contributed by atoms with Crippen LogP contribution in [-0.2, 0) is 9.53 Å². The first-order chi connectivity index (χ1) is 20.2. The van der Waals surface area contributed by atoms with Crippen LogP contribution in [0.25, 0.3) is 10.8 Å². The van der Waals surface area contributed by atoms with E-state index < -0.39 is 24.3 Å². The van der Waals surface area contributed by atoms with Crippen LogP contribution in [0.5, 0.6) is 17.2 Å². The highest BCUT2D eigenvalue weighted by molar-refractivity contribution is 6.02. The monoisotopic (exact) mass is 576 g/mol. The van der Waals surface area contributed by atoms with Crippen LogP contribution in [0.4, 0.5) is 4.79 Å². The van der Waals surface area contributed by atoms with Crippen molar-refractivity contribution in [2.75, 3.05) is 20.3 Å². The van der Waals surface area contributed by atoms with Gasteiger partial charge in [-0.15, -0.1) is 0 Å². The summed E-state index contributed by atoms with van der Waals surface area (Å²) < 4.78 is 22.5. The molecular weight excluding hydrogens is 540 g/mol. The van der Waals surface area contributed by atoms with Gasteiger partial charge in [-0.25, -0.2) is 9.59 Å². The highest BCUT2D eigenvalue weighted by atomic mass is 16.5. The number of amides is 2. The van der Waals surface area contributed by atoms with E-state index in [0.717, 1.165) is 16.3 Å². The molecule has 2 atom stereocenters. The van der Waals surface area contributed by atoms with Crippen molar-refractivity contribution in [3.63, 3.8) is 0 Å². The number of hydrazone groups is 1. The lowest BCUT2D eigenvalue weighted by atomic mass is 9.95. The number of nitrogens with one attached hydrogen (secondary N) is 3. The lowest BCUT2D eigenvalue weighted by Gasteiger charge is -2.28. The number of ether oxygens (including phenoxy) is 4. The van der Waals surface area contributed by atoms with Gasteiger partial charge in [0.2, 0.25) is 0 Å². The Morgan fingerprint density at radius 2 is 1.86 bits per heavy atom. The Morgan fingerprint density at radius 3 is 2.60 bits per heavy atom. The molecule has 0 radical (unpaired) electrons. The first-order valence-electron chi connectivity index (χ1n) is 13.6. The Morgan fingerprint density at radius 1 is 1.10 bits per heavy atom. The fourth-order valence-electron chi connectivity index (χ4n) is 4.58. The molecule has 4 rings (SSSR count). The predicted molar refractivity (Wildman–Crippen MR) is 159 cm³/mol. The molecule has 11 heteroatoms. The maximum absolute atomic E-state index is 12.4. The van der Waals surface area contributed by atoms with E-state index in [0.29, 0.717) is 35.1 Å². The summed E-state index contributed by atoms with van der Waals surface area (Å²) in [5.74, 6) is 0.871. The van der Waals surface area contributed by atoms with Crippen LogP contribution in [0.1, 0.15) is 44.9 Å². The fourth-order valence-corrected chi connectivity index (χ4v) is 4.58. The average Bonchev–Trinajstić information content (AvgIpc) is 2.96. The zero-order chi connectivity index (χ0) is 30.2. The number of nitrogens with zero attached hydrogens (tertiary/aromatic N) is 1. The summed E-state index contributed by atoms with van der Waals surface area (Å²) in [5.41, 5.74) is 4.75. The minimum Gasteiger partial charge on any atom is -0.490 e. The zero-order valence-electron chi connectivity index (χ0n) is 24.3. The molecule has 0 saturated carbocycles. The Bertz CT molecular complexity index is 1500. The summed E-state index contributed by atoms with van der Waals surface area (Å²) in [4.78, 5) is 24.6. The Kier molecular flexibility index (Phi) is 9.87. The number of fused-ring (bicyclic) bond motifs is 1. The molecule has 0 bridgehead atoms. The molecule has 2 amide bonds. The summed E-state index contributed by atoms with van der Waals surface area (Å²) >= 11 is 0. The van der Waals surface area contributed by atoms with E-state index in [2.05, 4.69) is 21.2 Å². The first-order valence-corrected chi connectivity index (χ1v) is 13.6. The summed E-state index contributed by atoms with van der Waals surface area (Å²) in [6.07, 6.45) is 0.459. The molecule has 0 saturated heterocycles. The maximum Gasteiger partial charge on any atom is 0.337 e. The van der Waals surface area contributed by atoms with Gasteiger partial charge >= 0.3 is 12.0 Å². The number of hydrogen-bond acceptors (Lipinski definition) is 9. The molecule has 0 fully saturated rings. The summed E-state index contributed by atoms with van der Waals surface area (Å²) in [5, 5.41) is 22.1. The number of rotatable bonds is 12. The lowest BCUT2D eigenvalue weighted by molar-refractivity contribution is -0.136. The number of urea groups is 1.